The Bertz CT molecular complexity index is 553. The summed E-state index contributed by atoms with van der Waals surface area (Å²) < 4.78 is 9.85. The maximum Gasteiger partial charge on any atom is 0.263 e. The zero-order valence-corrected chi connectivity index (χ0v) is 9.58. The topological polar surface area (TPSA) is 97.5 Å². The van der Waals surface area contributed by atoms with Crippen LogP contribution >= 0.6 is 0 Å². The number of amides is 1. The van der Waals surface area contributed by atoms with Gasteiger partial charge in [-0.1, -0.05) is 0 Å². The molecule has 2 aromatic rings. The number of carbonyl (C=O) groups excluding carboxylic acids is 1. The Kier molecular flexibility index (Phi) is 3.42. The number of hydrogen-bond acceptors (Lipinski definition) is 6. The van der Waals surface area contributed by atoms with Gasteiger partial charge in [-0.05, 0) is 24.2 Å². The number of aromatic nitrogens is 2. The molecule has 0 aliphatic heterocycles. The van der Waals surface area contributed by atoms with E-state index in [0.717, 1.165) is 0 Å². The number of nitrogens with zero attached hydrogens (tertiary/aromatic N) is 2. The van der Waals surface area contributed by atoms with Crippen molar-refractivity contribution in [3.05, 3.63) is 30.2 Å². The van der Waals surface area contributed by atoms with Crippen LogP contribution in [0, 0.1) is 6.92 Å². The molecule has 7 nitrogen and oxygen atoms in total. The fourth-order valence-electron chi connectivity index (χ4n) is 1.21. The lowest BCUT2D eigenvalue weighted by Gasteiger charge is -2.05. The minimum Gasteiger partial charge on any atom is -0.504 e. The van der Waals surface area contributed by atoms with Crippen molar-refractivity contribution in [3.63, 3.8) is 0 Å². The molecule has 0 bridgehead atoms. The molecule has 2 rings (SSSR count). The minimum absolute atomic E-state index is 0.0856. The summed E-state index contributed by atoms with van der Waals surface area (Å²) in [6, 6.07) is 4.54. The molecule has 0 unspecified atom stereocenters. The molecule has 0 saturated heterocycles. The largest absolute Gasteiger partial charge is 0.504 e. The number of pyridine rings is 1. The predicted molar refractivity (Wildman–Crippen MR) is 61.3 cm³/mol. The lowest BCUT2D eigenvalue weighted by atomic mass is 10.4. The van der Waals surface area contributed by atoms with Crippen LogP contribution in [0.15, 0.2) is 28.9 Å². The average Bonchev–Trinajstić information content (AvgIpc) is 2.76. The summed E-state index contributed by atoms with van der Waals surface area (Å²) in [5.74, 6) is 0.343. The molecule has 2 heterocycles. The predicted octanol–water partition coefficient (Wildman–Crippen LogP) is 1.10. The number of aromatic hydroxyl groups is 1. The van der Waals surface area contributed by atoms with Crippen LogP contribution in [-0.4, -0.2) is 27.8 Å². The average molecular weight is 249 g/mol. The smallest absolute Gasteiger partial charge is 0.263 e. The van der Waals surface area contributed by atoms with Crippen LogP contribution in [0.1, 0.15) is 5.76 Å². The third-order valence-corrected chi connectivity index (χ3v) is 2.00. The second-order valence-corrected chi connectivity index (χ2v) is 3.48. The summed E-state index contributed by atoms with van der Waals surface area (Å²) in [5, 5.41) is 15.4. The van der Waals surface area contributed by atoms with Crippen molar-refractivity contribution in [2.45, 2.75) is 6.92 Å². The molecule has 0 spiro atoms. The minimum atomic E-state index is -0.454. The van der Waals surface area contributed by atoms with Crippen LogP contribution in [0.2, 0.25) is 0 Å². The Hall–Kier alpha value is -2.57. The van der Waals surface area contributed by atoms with Crippen molar-refractivity contribution < 1.29 is 19.2 Å². The van der Waals surface area contributed by atoms with Crippen molar-refractivity contribution in [2.75, 3.05) is 11.9 Å². The Morgan fingerprint density at radius 1 is 1.61 bits per heavy atom. The quantitative estimate of drug-likeness (QED) is 0.842. The lowest BCUT2D eigenvalue weighted by molar-refractivity contribution is -0.118. The fraction of sp³-hybridized carbons (Fsp3) is 0.182. The Labute approximate surface area is 102 Å². The van der Waals surface area contributed by atoms with Gasteiger partial charge in [-0.15, -0.1) is 0 Å². The van der Waals surface area contributed by atoms with Gasteiger partial charge in [0.25, 0.3) is 11.8 Å². The van der Waals surface area contributed by atoms with E-state index in [2.05, 4.69) is 15.5 Å². The third kappa shape index (κ3) is 2.97. The van der Waals surface area contributed by atoms with E-state index in [9.17, 15) is 9.90 Å². The molecule has 2 aromatic heterocycles. The fourth-order valence-corrected chi connectivity index (χ4v) is 1.21. The van der Waals surface area contributed by atoms with Crippen molar-refractivity contribution >= 4 is 11.7 Å². The molecule has 0 aliphatic rings. The molecular weight excluding hydrogens is 238 g/mol. The van der Waals surface area contributed by atoms with E-state index < -0.39 is 5.91 Å². The molecule has 0 saturated carbocycles. The molecule has 18 heavy (non-hydrogen) atoms. The highest BCUT2D eigenvalue weighted by atomic mass is 16.5. The van der Waals surface area contributed by atoms with Gasteiger partial charge < -0.3 is 19.7 Å². The molecule has 0 aromatic carbocycles. The van der Waals surface area contributed by atoms with Crippen LogP contribution in [0.3, 0.4) is 0 Å². The van der Waals surface area contributed by atoms with Crippen LogP contribution in [0.25, 0.3) is 0 Å². The highest BCUT2D eigenvalue weighted by Crippen LogP contribution is 2.18. The van der Waals surface area contributed by atoms with Crippen molar-refractivity contribution in [2.24, 2.45) is 0 Å². The van der Waals surface area contributed by atoms with Crippen LogP contribution in [-0.2, 0) is 4.79 Å². The highest BCUT2D eigenvalue weighted by molar-refractivity contribution is 5.92. The Morgan fingerprint density at radius 2 is 2.44 bits per heavy atom. The van der Waals surface area contributed by atoms with Gasteiger partial charge in [0, 0.05) is 12.3 Å². The summed E-state index contributed by atoms with van der Waals surface area (Å²) >= 11 is 0. The van der Waals surface area contributed by atoms with E-state index in [4.69, 9.17) is 9.26 Å². The van der Waals surface area contributed by atoms with Gasteiger partial charge in [-0.2, -0.15) is 0 Å². The molecule has 2 N–H and O–H groups in total. The number of aryl methyl sites for hydroxylation is 1. The maximum atomic E-state index is 11.5. The van der Waals surface area contributed by atoms with Gasteiger partial charge >= 0.3 is 0 Å². The molecule has 94 valence electrons. The number of rotatable bonds is 4. The highest BCUT2D eigenvalue weighted by Gasteiger charge is 2.09. The van der Waals surface area contributed by atoms with Crippen LogP contribution in [0.5, 0.6) is 11.6 Å². The van der Waals surface area contributed by atoms with Gasteiger partial charge in [0.2, 0.25) is 0 Å². The van der Waals surface area contributed by atoms with Crippen LogP contribution < -0.4 is 10.1 Å². The first-order valence-electron chi connectivity index (χ1n) is 5.15. The number of carbonyl (C=O) groups is 1. The molecule has 0 aliphatic carbocycles. The standard InChI is InChI=1S/C11H11N3O4/c1-7-5-10(14-18-7)17-6-9(16)13-11-8(15)3-2-4-12-11/h2-5,15H,6H2,1H3,(H,12,13,16). The lowest BCUT2D eigenvalue weighted by Crippen LogP contribution is -2.20. The maximum absolute atomic E-state index is 11.5. The summed E-state index contributed by atoms with van der Waals surface area (Å²) in [7, 11) is 0. The summed E-state index contributed by atoms with van der Waals surface area (Å²) in [4.78, 5) is 15.3. The van der Waals surface area contributed by atoms with E-state index in [0.29, 0.717) is 5.76 Å². The first-order valence-corrected chi connectivity index (χ1v) is 5.15. The van der Waals surface area contributed by atoms with Gasteiger partial charge in [-0.3, -0.25) is 4.79 Å². The number of ether oxygens (including phenoxy) is 1. The first kappa shape index (κ1) is 11.9. The van der Waals surface area contributed by atoms with Crippen LogP contribution in [0.4, 0.5) is 5.82 Å². The number of anilines is 1. The van der Waals surface area contributed by atoms with Crippen molar-refractivity contribution in [3.8, 4) is 11.6 Å². The second-order valence-electron chi connectivity index (χ2n) is 3.48. The molecule has 0 atom stereocenters. The van der Waals surface area contributed by atoms with Crippen molar-refractivity contribution in [1.29, 1.82) is 0 Å². The normalized spacial score (nSPS) is 10.1. The molecule has 0 fully saturated rings. The summed E-state index contributed by atoms with van der Waals surface area (Å²) in [6.45, 7) is 1.47. The molecule has 0 radical (unpaired) electrons. The molecule has 7 heteroatoms. The van der Waals surface area contributed by atoms with E-state index in [1.165, 1.54) is 12.3 Å². The third-order valence-electron chi connectivity index (χ3n) is 2.00. The van der Waals surface area contributed by atoms with Gasteiger partial charge in [0.15, 0.2) is 18.2 Å². The summed E-state index contributed by atoms with van der Waals surface area (Å²) in [6.07, 6.45) is 1.46. The molecule has 1 amide bonds. The molecular formula is C11H11N3O4. The summed E-state index contributed by atoms with van der Waals surface area (Å²) in [5.41, 5.74) is 0. The van der Waals surface area contributed by atoms with Gasteiger partial charge in [-0.25, -0.2) is 4.98 Å². The SMILES string of the molecule is Cc1cc(OCC(=O)Nc2ncccc2O)no1. The van der Waals surface area contributed by atoms with E-state index in [1.54, 1.807) is 19.1 Å². The van der Waals surface area contributed by atoms with E-state index in [-0.39, 0.29) is 24.1 Å². The van der Waals surface area contributed by atoms with Gasteiger partial charge in [0.05, 0.1) is 0 Å². The number of hydrogen-bond donors (Lipinski definition) is 2. The second kappa shape index (κ2) is 5.17. The monoisotopic (exact) mass is 249 g/mol. The Balaban J connectivity index is 1.88. The number of nitrogens with one attached hydrogen (secondary N) is 1. The van der Waals surface area contributed by atoms with E-state index in [1.807, 2.05) is 0 Å². The first-order chi connectivity index (χ1) is 8.65. The van der Waals surface area contributed by atoms with Gasteiger partial charge in [0.1, 0.15) is 5.76 Å². The Morgan fingerprint density at radius 3 is 3.11 bits per heavy atom. The van der Waals surface area contributed by atoms with E-state index >= 15 is 0 Å². The van der Waals surface area contributed by atoms with Crippen molar-refractivity contribution in [1.82, 2.24) is 10.1 Å². The zero-order chi connectivity index (χ0) is 13.0. The zero-order valence-electron chi connectivity index (χ0n) is 9.58.